The summed E-state index contributed by atoms with van der Waals surface area (Å²) in [7, 11) is 0. The van der Waals surface area contributed by atoms with Crippen LogP contribution < -0.4 is 0 Å². The molecule has 46 valence electrons. The highest BCUT2D eigenvalue weighted by Crippen LogP contribution is 2.45. The average Bonchev–Trinajstić information content (AvgIpc) is 2.39. The van der Waals surface area contributed by atoms with Gasteiger partial charge in [0.15, 0.2) is 0 Å². The molecule has 1 heteroatoms. The molecule has 0 aromatic rings. The van der Waals surface area contributed by atoms with Crippen molar-refractivity contribution in [3.05, 3.63) is 0 Å². The second kappa shape index (κ2) is 1.27. The molecule has 0 radical (unpaired) electrons. The molecule has 2 fully saturated rings. The highest BCUT2D eigenvalue weighted by atomic mass is 16.6. The van der Waals surface area contributed by atoms with Gasteiger partial charge in [-0.3, -0.25) is 0 Å². The van der Waals surface area contributed by atoms with Crippen molar-refractivity contribution < 1.29 is 4.74 Å². The van der Waals surface area contributed by atoms with Crippen LogP contribution in [0.5, 0.6) is 0 Å². The topological polar surface area (TPSA) is 12.5 Å². The maximum atomic E-state index is 5.34. The van der Waals surface area contributed by atoms with Crippen molar-refractivity contribution in [2.45, 2.75) is 32.5 Å². The Morgan fingerprint density at radius 2 is 2.12 bits per heavy atom. The number of rotatable bonds is 0. The lowest BCUT2D eigenvalue weighted by Gasteiger charge is -2.09. The minimum absolute atomic E-state index is 0.657. The van der Waals surface area contributed by atoms with Crippen molar-refractivity contribution in [3.8, 4) is 0 Å². The van der Waals surface area contributed by atoms with Crippen LogP contribution >= 0.6 is 0 Å². The van der Waals surface area contributed by atoms with Gasteiger partial charge in [0.25, 0.3) is 0 Å². The number of hydrogen-bond donors (Lipinski definition) is 0. The Bertz CT molecular complexity index is 109. The monoisotopic (exact) mass is 112 g/mol. The first kappa shape index (κ1) is 4.80. The van der Waals surface area contributed by atoms with Gasteiger partial charge in [-0.25, -0.2) is 0 Å². The van der Waals surface area contributed by atoms with Crippen LogP contribution in [0, 0.1) is 11.8 Å². The van der Waals surface area contributed by atoms with E-state index in [4.69, 9.17) is 4.74 Å². The van der Waals surface area contributed by atoms with E-state index in [1.807, 2.05) is 0 Å². The molecule has 0 N–H and O–H groups in total. The van der Waals surface area contributed by atoms with Crippen molar-refractivity contribution in [2.75, 3.05) is 0 Å². The fourth-order valence-electron chi connectivity index (χ4n) is 1.71. The van der Waals surface area contributed by atoms with Crippen LogP contribution in [0.4, 0.5) is 0 Å². The summed E-state index contributed by atoms with van der Waals surface area (Å²) >= 11 is 0. The molecule has 2 rings (SSSR count). The number of fused-ring (bicyclic) bond motifs is 1. The van der Waals surface area contributed by atoms with Gasteiger partial charge >= 0.3 is 0 Å². The molecule has 0 amide bonds. The maximum absolute atomic E-state index is 5.34. The van der Waals surface area contributed by atoms with E-state index in [2.05, 4.69) is 13.8 Å². The molecule has 1 aliphatic carbocycles. The first-order valence-corrected chi connectivity index (χ1v) is 3.44. The maximum Gasteiger partial charge on any atom is 0.0870 e. The second-order valence-corrected chi connectivity index (χ2v) is 3.21. The van der Waals surface area contributed by atoms with E-state index in [0.29, 0.717) is 12.2 Å². The van der Waals surface area contributed by atoms with Gasteiger partial charge in [0.2, 0.25) is 0 Å². The smallest absolute Gasteiger partial charge is 0.0870 e. The lowest BCUT2D eigenvalue weighted by Crippen LogP contribution is -2.06. The van der Waals surface area contributed by atoms with Crippen molar-refractivity contribution in [3.63, 3.8) is 0 Å². The zero-order valence-electron chi connectivity index (χ0n) is 5.42. The van der Waals surface area contributed by atoms with Gasteiger partial charge in [-0.05, 0) is 18.3 Å². The van der Waals surface area contributed by atoms with Gasteiger partial charge in [-0.1, -0.05) is 13.8 Å². The molecule has 2 aliphatic rings. The van der Waals surface area contributed by atoms with E-state index in [0.717, 1.165) is 11.8 Å². The van der Waals surface area contributed by atoms with E-state index in [1.165, 1.54) is 6.42 Å². The van der Waals surface area contributed by atoms with E-state index < -0.39 is 0 Å². The average molecular weight is 112 g/mol. The summed E-state index contributed by atoms with van der Waals surface area (Å²) in [6.07, 6.45) is 2.64. The fraction of sp³-hybridized carbons (Fsp3) is 1.00. The van der Waals surface area contributed by atoms with Crippen molar-refractivity contribution in [2.24, 2.45) is 11.8 Å². The Morgan fingerprint density at radius 1 is 1.38 bits per heavy atom. The van der Waals surface area contributed by atoms with Gasteiger partial charge in [0.1, 0.15) is 0 Å². The van der Waals surface area contributed by atoms with E-state index >= 15 is 0 Å². The van der Waals surface area contributed by atoms with Crippen LogP contribution in [0.15, 0.2) is 0 Å². The largest absolute Gasteiger partial charge is 0.369 e. The molecule has 1 saturated carbocycles. The van der Waals surface area contributed by atoms with Crippen LogP contribution in [0.2, 0.25) is 0 Å². The molecule has 0 bridgehead atoms. The molecule has 0 spiro atoms. The third kappa shape index (κ3) is 0.455. The molecule has 0 unspecified atom stereocenters. The van der Waals surface area contributed by atoms with Crippen LogP contribution in [-0.4, -0.2) is 12.2 Å². The van der Waals surface area contributed by atoms with E-state index in [9.17, 15) is 0 Å². The van der Waals surface area contributed by atoms with Crippen molar-refractivity contribution in [1.82, 2.24) is 0 Å². The van der Waals surface area contributed by atoms with Crippen molar-refractivity contribution >= 4 is 0 Å². The van der Waals surface area contributed by atoms with Gasteiger partial charge in [0.05, 0.1) is 12.2 Å². The quantitative estimate of drug-likeness (QED) is 0.432. The molecular weight excluding hydrogens is 100 g/mol. The Morgan fingerprint density at radius 3 is 2.38 bits per heavy atom. The summed E-state index contributed by atoms with van der Waals surface area (Å²) in [5, 5.41) is 0. The van der Waals surface area contributed by atoms with Crippen molar-refractivity contribution in [1.29, 1.82) is 0 Å². The summed E-state index contributed by atoms with van der Waals surface area (Å²) < 4.78 is 5.34. The highest BCUT2D eigenvalue weighted by Gasteiger charge is 2.51. The molecule has 1 heterocycles. The van der Waals surface area contributed by atoms with E-state index in [1.54, 1.807) is 0 Å². The summed E-state index contributed by atoms with van der Waals surface area (Å²) in [5.74, 6) is 1.75. The van der Waals surface area contributed by atoms with Gasteiger partial charge in [0, 0.05) is 0 Å². The zero-order chi connectivity index (χ0) is 5.72. The number of hydrogen-bond acceptors (Lipinski definition) is 1. The normalized spacial score (nSPS) is 60.8. The highest BCUT2D eigenvalue weighted by molar-refractivity contribution is 4.98. The second-order valence-electron chi connectivity index (χ2n) is 3.21. The minimum Gasteiger partial charge on any atom is -0.369 e. The predicted molar refractivity (Wildman–Crippen MR) is 31.6 cm³/mol. The zero-order valence-corrected chi connectivity index (χ0v) is 5.42. The van der Waals surface area contributed by atoms with Gasteiger partial charge in [-0.2, -0.15) is 0 Å². The molecule has 0 aromatic carbocycles. The Hall–Kier alpha value is -0.0400. The Labute approximate surface area is 50.0 Å². The molecule has 1 nitrogen and oxygen atoms in total. The molecule has 0 aromatic heterocycles. The number of epoxide rings is 1. The standard InChI is InChI=1S/C7H12O/c1-4-3-6-7(8-6)5(4)2/h4-7H,3H2,1-2H3/t4-,5+,6+,7-/m1/s1. The summed E-state index contributed by atoms with van der Waals surface area (Å²) in [6.45, 7) is 4.61. The lowest BCUT2D eigenvalue weighted by molar-refractivity contribution is 0.225. The SMILES string of the molecule is C[C@@H]1[C@H]2O[C@H]2C[C@H]1C. The Kier molecular flexibility index (Phi) is 0.762. The van der Waals surface area contributed by atoms with Crippen LogP contribution in [-0.2, 0) is 4.74 Å². The summed E-state index contributed by atoms with van der Waals surface area (Å²) in [5.41, 5.74) is 0. The molecule has 4 atom stereocenters. The summed E-state index contributed by atoms with van der Waals surface area (Å²) in [6, 6.07) is 0. The molecule has 8 heavy (non-hydrogen) atoms. The van der Waals surface area contributed by atoms with Crippen LogP contribution in [0.1, 0.15) is 20.3 Å². The van der Waals surface area contributed by atoms with Gasteiger partial charge in [-0.15, -0.1) is 0 Å². The molecule has 1 aliphatic heterocycles. The van der Waals surface area contributed by atoms with Crippen LogP contribution in [0.3, 0.4) is 0 Å². The molecular formula is C7H12O. The predicted octanol–water partition coefficient (Wildman–Crippen LogP) is 1.43. The first-order valence-electron chi connectivity index (χ1n) is 3.44. The van der Waals surface area contributed by atoms with E-state index in [-0.39, 0.29) is 0 Å². The fourth-order valence-corrected chi connectivity index (χ4v) is 1.71. The Balaban J connectivity index is 2.08. The van der Waals surface area contributed by atoms with Gasteiger partial charge < -0.3 is 4.74 Å². The number of ether oxygens (including phenoxy) is 1. The summed E-state index contributed by atoms with van der Waals surface area (Å²) in [4.78, 5) is 0. The third-order valence-electron chi connectivity index (χ3n) is 2.64. The minimum atomic E-state index is 0.657. The first-order chi connectivity index (χ1) is 3.79. The molecule has 1 saturated heterocycles. The third-order valence-corrected chi connectivity index (χ3v) is 2.64. The van der Waals surface area contributed by atoms with Crippen LogP contribution in [0.25, 0.3) is 0 Å². The lowest BCUT2D eigenvalue weighted by atomic mass is 10.00.